The molecule has 1 amide bonds. The largest absolute Gasteiger partial charge is 0.490 e. The zero-order valence-corrected chi connectivity index (χ0v) is 17.3. The van der Waals surface area contributed by atoms with E-state index in [9.17, 15) is 22.4 Å². The van der Waals surface area contributed by atoms with Crippen molar-refractivity contribution < 1.29 is 37.0 Å². The molecule has 1 saturated heterocycles. The van der Waals surface area contributed by atoms with Gasteiger partial charge in [-0.05, 0) is 24.8 Å². The van der Waals surface area contributed by atoms with Crippen molar-refractivity contribution in [3.63, 3.8) is 0 Å². The third-order valence-electron chi connectivity index (χ3n) is 5.13. The molecule has 0 aliphatic carbocycles. The summed E-state index contributed by atoms with van der Waals surface area (Å²) in [6.45, 7) is 3.06. The number of hydrogen-bond donors (Lipinski definition) is 2. The first-order valence-corrected chi connectivity index (χ1v) is 10.1. The average molecular weight is 474 g/mol. The molecule has 0 bridgehead atoms. The fourth-order valence-electron chi connectivity index (χ4n) is 3.42. The van der Waals surface area contributed by atoms with Crippen LogP contribution >= 0.6 is 0 Å². The van der Waals surface area contributed by atoms with E-state index >= 15 is 0 Å². The molecule has 0 spiro atoms. The van der Waals surface area contributed by atoms with Gasteiger partial charge in [-0.1, -0.05) is 0 Å². The molecule has 2 aromatic heterocycles. The van der Waals surface area contributed by atoms with Crippen molar-refractivity contribution in [3.05, 3.63) is 36.2 Å². The summed E-state index contributed by atoms with van der Waals surface area (Å²) < 4.78 is 51.9. The van der Waals surface area contributed by atoms with E-state index < -0.39 is 24.0 Å². The van der Waals surface area contributed by atoms with Crippen LogP contribution in [0.25, 0.3) is 0 Å². The number of hydrogen-bond acceptors (Lipinski definition) is 7. The number of nitrogens with one attached hydrogen (secondary N) is 1. The van der Waals surface area contributed by atoms with Gasteiger partial charge < -0.3 is 20.1 Å². The molecule has 0 radical (unpaired) electrons. The summed E-state index contributed by atoms with van der Waals surface area (Å²) in [5, 5.41) is 14.5. The maximum atomic E-state index is 13.1. The van der Waals surface area contributed by atoms with Crippen molar-refractivity contribution in [3.8, 4) is 0 Å². The molecule has 1 fully saturated rings. The van der Waals surface area contributed by atoms with Crippen molar-refractivity contribution >= 4 is 17.8 Å². The molecule has 0 saturated carbocycles. The van der Waals surface area contributed by atoms with E-state index in [1.54, 1.807) is 10.9 Å². The number of carbonyl (C=O) groups is 2. The second-order valence-electron chi connectivity index (χ2n) is 7.47. The number of alkyl halides is 3. The lowest BCUT2D eigenvalue weighted by molar-refractivity contribution is -0.192. The molecule has 10 nitrogen and oxygen atoms in total. The normalized spacial score (nSPS) is 18.7. The Labute approximate surface area is 185 Å². The maximum absolute atomic E-state index is 13.1. The van der Waals surface area contributed by atoms with Crippen LogP contribution in [0.2, 0.25) is 0 Å². The summed E-state index contributed by atoms with van der Waals surface area (Å²) in [6.07, 6.45) is 0.799. The van der Waals surface area contributed by atoms with Crippen LogP contribution in [-0.2, 0) is 20.9 Å². The highest BCUT2D eigenvalue weighted by molar-refractivity contribution is 5.81. The Kier molecular flexibility index (Phi) is 7.79. The Morgan fingerprint density at radius 3 is 2.45 bits per heavy atom. The number of aromatic nitrogens is 4. The number of amides is 1. The average Bonchev–Trinajstić information content (AvgIpc) is 3.26. The second-order valence-corrected chi connectivity index (χ2v) is 7.47. The summed E-state index contributed by atoms with van der Waals surface area (Å²) in [5.41, 5.74) is 0.899. The molecule has 0 aromatic carbocycles. The maximum Gasteiger partial charge on any atom is 0.490 e. The van der Waals surface area contributed by atoms with Gasteiger partial charge in [0.2, 0.25) is 11.9 Å². The molecule has 14 heteroatoms. The Hall–Kier alpha value is -3.29. The molecule has 2 aromatic rings. The standard InChI is InChI=1S/C17H21FN6O2.C2HF3O2/c18-13-8-20-17(21-9-13)23-10-14-1-4-22-24(14)15(11-23)16(25)19-7-12-2-5-26-6-3-12;3-2(4,5)1(6)7/h1,4,8-9,12,15H,2-3,5-7,10-11H2,(H,19,25);(H,6,7). The van der Waals surface area contributed by atoms with E-state index in [0.717, 1.165) is 44.1 Å². The number of carbonyl (C=O) groups excluding carboxylic acids is 1. The SMILES string of the molecule is O=C(NCC1CCOCC1)C1CN(c2ncc(F)cn2)Cc2ccnn21.O=C(O)C(F)(F)F. The summed E-state index contributed by atoms with van der Waals surface area (Å²) in [4.78, 5) is 31.6. The zero-order chi connectivity index (χ0) is 24.0. The number of carboxylic acid groups (broad SMARTS) is 1. The van der Waals surface area contributed by atoms with Crippen LogP contribution in [0.4, 0.5) is 23.5 Å². The Morgan fingerprint density at radius 1 is 1.21 bits per heavy atom. The van der Waals surface area contributed by atoms with Gasteiger partial charge in [0, 0.05) is 26.0 Å². The molecular weight excluding hydrogens is 452 g/mol. The van der Waals surface area contributed by atoms with Crippen LogP contribution in [0.1, 0.15) is 24.6 Å². The van der Waals surface area contributed by atoms with Gasteiger partial charge in [0.1, 0.15) is 6.04 Å². The van der Waals surface area contributed by atoms with E-state index in [1.807, 2.05) is 11.0 Å². The first-order valence-electron chi connectivity index (χ1n) is 10.1. The van der Waals surface area contributed by atoms with E-state index in [1.165, 1.54) is 0 Å². The van der Waals surface area contributed by atoms with Gasteiger partial charge in [0.25, 0.3) is 0 Å². The smallest absolute Gasteiger partial charge is 0.475 e. The predicted molar refractivity (Wildman–Crippen MR) is 105 cm³/mol. The Balaban J connectivity index is 0.000000383. The quantitative estimate of drug-likeness (QED) is 0.640. The summed E-state index contributed by atoms with van der Waals surface area (Å²) in [6, 6.07) is 1.40. The third kappa shape index (κ3) is 6.60. The molecule has 33 heavy (non-hydrogen) atoms. The van der Waals surface area contributed by atoms with E-state index in [-0.39, 0.29) is 5.91 Å². The van der Waals surface area contributed by atoms with Gasteiger partial charge in [0.15, 0.2) is 5.82 Å². The monoisotopic (exact) mass is 474 g/mol. The van der Waals surface area contributed by atoms with Crippen LogP contribution in [-0.4, -0.2) is 69.2 Å². The Morgan fingerprint density at radius 2 is 1.85 bits per heavy atom. The minimum atomic E-state index is -5.08. The number of fused-ring (bicyclic) bond motifs is 1. The molecule has 2 aliphatic rings. The molecule has 2 N–H and O–H groups in total. The van der Waals surface area contributed by atoms with Gasteiger partial charge in [-0.15, -0.1) is 0 Å². The Bertz CT molecular complexity index is 947. The fraction of sp³-hybridized carbons (Fsp3) is 0.526. The number of carboxylic acids is 1. The number of nitrogens with zero attached hydrogens (tertiary/aromatic N) is 5. The minimum absolute atomic E-state index is 0.0757. The molecule has 2 aliphatic heterocycles. The molecule has 180 valence electrons. The first-order chi connectivity index (χ1) is 15.6. The van der Waals surface area contributed by atoms with Gasteiger partial charge in [-0.25, -0.2) is 19.2 Å². The molecule has 1 atom stereocenters. The second kappa shape index (κ2) is 10.6. The van der Waals surface area contributed by atoms with Gasteiger partial charge in [-0.2, -0.15) is 18.3 Å². The van der Waals surface area contributed by atoms with Gasteiger partial charge >= 0.3 is 12.1 Å². The number of halogens is 4. The summed E-state index contributed by atoms with van der Waals surface area (Å²) in [5.74, 6) is -2.46. The van der Waals surface area contributed by atoms with Crippen molar-refractivity contribution in [1.29, 1.82) is 0 Å². The number of aliphatic carboxylic acids is 1. The van der Waals surface area contributed by atoms with E-state index in [2.05, 4.69) is 20.4 Å². The highest BCUT2D eigenvalue weighted by atomic mass is 19.4. The lowest BCUT2D eigenvalue weighted by atomic mass is 10.0. The van der Waals surface area contributed by atoms with Crippen LogP contribution < -0.4 is 10.2 Å². The number of rotatable bonds is 4. The van der Waals surface area contributed by atoms with Crippen LogP contribution in [0.15, 0.2) is 24.7 Å². The van der Waals surface area contributed by atoms with Crippen LogP contribution in [0.3, 0.4) is 0 Å². The zero-order valence-electron chi connectivity index (χ0n) is 17.3. The lowest BCUT2D eigenvalue weighted by Gasteiger charge is -2.33. The highest BCUT2D eigenvalue weighted by Gasteiger charge is 2.38. The van der Waals surface area contributed by atoms with Crippen LogP contribution in [0.5, 0.6) is 0 Å². The van der Waals surface area contributed by atoms with Gasteiger partial charge in [0.05, 0.1) is 31.2 Å². The number of ether oxygens (including phenoxy) is 1. The van der Waals surface area contributed by atoms with Crippen molar-refractivity contribution in [2.75, 3.05) is 31.2 Å². The number of anilines is 1. The van der Waals surface area contributed by atoms with Crippen molar-refractivity contribution in [1.82, 2.24) is 25.1 Å². The minimum Gasteiger partial charge on any atom is -0.475 e. The van der Waals surface area contributed by atoms with E-state index in [0.29, 0.717) is 31.5 Å². The third-order valence-corrected chi connectivity index (χ3v) is 5.13. The van der Waals surface area contributed by atoms with Crippen LogP contribution in [0, 0.1) is 11.7 Å². The van der Waals surface area contributed by atoms with Crippen molar-refractivity contribution in [2.24, 2.45) is 5.92 Å². The molecule has 4 heterocycles. The lowest BCUT2D eigenvalue weighted by Crippen LogP contribution is -2.46. The summed E-state index contributed by atoms with van der Waals surface area (Å²) >= 11 is 0. The van der Waals surface area contributed by atoms with Crippen molar-refractivity contribution in [2.45, 2.75) is 31.6 Å². The van der Waals surface area contributed by atoms with Gasteiger partial charge in [-0.3, -0.25) is 9.48 Å². The highest BCUT2D eigenvalue weighted by Crippen LogP contribution is 2.24. The van der Waals surface area contributed by atoms with E-state index in [4.69, 9.17) is 14.6 Å². The first kappa shape index (κ1) is 24.4. The molecule has 4 rings (SSSR count). The molecule has 1 unspecified atom stereocenters. The fourth-order valence-corrected chi connectivity index (χ4v) is 3.42. The molecular formula is C19H22F4N6O4. The predicted octanol–water partition coefficient (Wildman–Crippen LogP) is 1.55. The topological polar surface area (TPSA) is 122 Å². The summed E-state index contributed by atoms with van der Waals surface area (Å²) in [7, 11) is 0.